The van der Waals surface area contributed by atoms with Crippen LogP contribution in [-0.4, -0.2) is 40.7 Å². The Kier molecular flexibility index (Phi) is 5.01. The summed E-state index contributed by atoms with van der Waals surface area (Å²) < 4.78 is 33.5. The third kappa shape index (κ3) is 4.47. The van der Waals surface area contributed by atoms with Crippen LogP contribution in [0.3, 0.4) is 0 Å². The molecule has 0 bridgehead atoms. The molecule has 0 radical (unpaired) electrons. The zero-order chi connectivity index (χ0) is 14.6. The van der Waals surface area contributed by atoms with Crippen molar-refractivity contribution in [3.8, 4) is 0 Å². The molecule has 0 atom stereocenters. The summed E-state index contributed by atoms with van der Waals surface area (Å²) in [5.41, 5.74) is 2.78. The highest BCUT2D eigenvalue weighted by Gasteiger charge is 2.15. The van der Waals surface area contributed by atoms with Gasteiger partial charge < -0.3 is 14.8 Å². The lowest BCUT2D eigenvalue weighted by atomic mass is 10.1. The van der Waals surface area contributed by atoms with Crippen molar-refractivity contribution in [3.63, 3.8) is 0 Å². The summed E-state index contributed by atoms with van der Waals surface area (Å²) in [6, 6.07) is 5.68. The Labute approximate surface area is 120 Å². The first-order chi connectivity index (χ1) is 9.46. The average molecular weight is 299 g/mol. The van der Waals surface area contributed by atoms with Gasteiger partial charge in [-0.15, -0.1) is 0 Å². The van der Waals surface area contributed by atoms with Crippen LogP contribution in [0.2, 0.25) is 0 Å². The molecule has 112 valence electrons. The fourth-order valence-electron chi connectivity index (χ4n) is 2.21. The number of ether oxygens (including phenoxy) is 2. The molecule has 1 aromatic carbocycles. The molecule has 20 heavy (non-hydrogen) atoms. The minimum atomic E-state index is -3.02. The van der Waals surface area contributed by atoms with Crippen LogP contribution < -0.4 is 5.32 Å². The van der Waals surface area contributed by atoms with Crippen LogP contribution in [0, 0.1) is 6.92 Å². The largest absolute Gasteiger partial charge is 0.385 e. The molecule has 1 aliphatic rings. The maximum Gasteiger partial charge on any atom is 0.159 e. The predicted molar refractivity (Wildman–Crippen MR) is 78.5 cm³/mol. The monoisotopic (exact) mass is 299 g/mol. The highest BCUT2D eigenvalue weighted by Crippen LogP contribution is 2.21. The van der Waals surface area contributed by atoms with Crippen molar-refractivity contribution in [3.05, 3.63) is 29.3 Å². The molecular formula is C14H21NO4S. The zero-order valence-corrected chi connectivity index (χ0v) is 12.7. The minimum absolute atomic E-state index is 0.0726. The number of hydrogen-bond acceptors (Lipinski definition) is 5. The van der Waals surface area contributed by atoms with Gasteiger partial charge in [0.1, 0.15) is 0 Å². The lowest BCUT2D eigenvalue weighted by Crippen LogP contribution is -2.15. The highest BCUT2D eigenvalue weighted by atomic mass is 32.2. The van der Waals surface area contributed by atoms with E-state index in [9.17, 15) is 8.42 Å². The fraction of sp³-hybridized carbons (Fsp3) is 0.571. The summed E-state index contributed by atoms with van der Waals surface area (Å²) in [6.45, 7) is 3.99. The Morgan fingerprint density at radius 1 is 1.30 bits per heavy atom. The molecule has 1 heterocycles. The average Bonchev–Trinajstić information content (AvgIpc) is 2.85. The van der Waals surface area contributed by atoms with E-state index in [2.05, 4.69) is 5.32 Å². The van der Waals surface area contributed by atoms with Crippen LogP contribution in [0.15, 0.2) is 18.2 Å². The van der Waals surface area contributed by atoms with Crippen LogP contribution in [0.1, 0.15) is 17.5 Å². The molecule has 1 saturated heterocycles. The summed E-state index contributed by atoms with van der Waals surface area (Å²) in [6.07, 6.45) is 1.90. The quantitative estimate of drug-likeness (QED) is 0.866. The fourth-order valence-corrected chi connectivity index (χ4v) is 3.09. The second-order valence-corrected chi connectivity index (χ2v) is 7.19. The summed E-state index contributed by atoms with van der Waals surface area (Å²) in [5, 5.41) is 3.31. The third-order valence-corrected chi connectivity index (χ3v) is 4.09. The Morgan fingerprint density at radius 2 is 2.00 bits per heavy atom. The molecule has 0 saturated carbocycles. The predicted octanol–water partition coefficient (Wildman–Crippen LogP) is 1.71. The zero-order valence-electron chi connectivity index (χ0n) is 11.9. The molecule has 1 N–H and O–H groups in total. The molecule has 0 unspecified atom stereocenters. The smallest absolute Gasteiger partial charge is 0.159 e. The van der Waals surface area contributed by atoms with Crippen molar-refractivity contribution < 1.29 is 17.9 Å². The number of anilines is 1. The van der Waals surface area contributed by atoms with E-state index in [0.717, 1.165) is 29.8 Å². The first-order valence-electron chi connectivity index (χ1n) is 6.69. The number of hydrogen-bond donors (Lipinski definition) is 1. The SMILES string of the molecule is Cc1c(CS(C)(=O)=O)cccc1NCCC1OCCO1. The molecule has 1 fully saturated rings. The molecule has 0 aliphatic carbocycles. The van der Waals surface area contributed by atoms with Gasteiger partial charge in [0.05, 0.1) is 19.0 Å². The number of benzene rings is 1. The van der Waals surface area contributed by atoms with Gasteiger partial charge in [0.2, 0.25) is 0 Å². The Bertz CT molecular complexity index is 550. The first-order valence-corrected chi connectivity index (χ1v) is 8.75. The summed E-state index contributed by atoms with van der Waals surface area (Å²) >= 11 is 0. The summed E-state index contributed by atoms with van der Waals surface area (Å²) in [7, 11) is -3.02. The molecule has 0 aromatic heterocycles. The molecule has 2 rings (SSSR count). The summed E-state index contributed by atoms with van der Waals surface area (Å²) in [5.74, 6) is 0.0726. The van der Waals surface area contributed by atoms with Gasteiger partial charge in [-0.3, -0.25) is 0 Å². The highest BCUT2D eigenvalue weighted by molar-refractivity contribution is 7.89. The minimum Gasteiger partial charge on any atom is -0.385 e. The van der Waals surface area contributed by atoms with Crippen LogP contribution in [0.5, 0.6) is 0 Å². The lowest BCUT2D eigenvalue weighted by molar-refractivity contribution is -0.0439. The maximum atomic E-state index is 11.4. The lowest BCUT2D eigenvalue weighted by Gasteiger charge is -2.14. The van der Waals surface area contributed by atoms with Crippen molar-refractivity contribution in [1.82, 2.24) is 0 Å². The molecular weight excluding hydrogens is 278 g/mol. The topological polar surface area (TPSA) is 64.6 Å². The summed E-state index contributed by atoms with van der Waals surface area (Å²) in [4.78, 5) is 0. The van der Waals surface area contributed by atoms with Crippen LogP contribution in [0.25, 0.3) is 0 Å². The number of nitrogens with one attached hydrogen (secondary N) is 1. The van der Waals surface area contributed by atoms with Crippen LogP contribution in [-0.2, 0) is 25.1 Å². The van der Waals surface area contributed by atoms with E-state index in [4.69, 9.17) is 9.47 Å². The maximum absolute atomic E-state index is 11.4. The van der Waals surface area contributed by atoms with E-state index < -0.39 is 9.84 Å². The second kappa shape index (κ2) is 6.56. The Hall–Kier alpha value is -1.11. The van der Waals surface area contributed by atoms with Gasteiger partial charge in [-0.25, -0.2) is 8.42 Å². The first kappa shape index (κ1) is 15.3. The van der Waals surface area contributed by atoms with E-state index >= 15 is 0 Å². The molecule has 1 aliphatic heterocycles. The Balaban J connectivity index is 1.95. The van der Waals surface area contributed by atoms with Gasteiger partial charge in [-0.1, -0.05) is 12.1 Å². The Morgan fingerprint density at radius 3 is 2.65 bits per heavy atom. The van der Waals surface area contributed by atoms with Crippen molar-refractivity contribution in [2.45, 2.75) is 25.4 Å². The van der Waals surface area contributed by atoms with Crippen molar-refractivity contribution in [2.75, 3.05) is 31.3 Å². The van der Waals surface area contributed by atoms with E-state index in [1.165, 1.54) is 6.26 Å². The van der Waals surface area contributed by atoms with Crippen molar-refractivity contribution in [2.24, 2.45) is 0 Å². The number of rotatable bonds is 6. The standard InChI is InChI=1S/C14H21NO4S/c1-11-12(10-20(2,16)17)4-3-5-13(11)15-7-6-14-18-8-9-19-14/h3-5,14-15H,6-10H2,1-2H3. The molecule has 1 aromatic rings. The van der Waals surface area contributed by atoms with Crippen LogP contribution in [0.4, 0.5) is 5.69 Å². The van der Waals surface area contributed by atoms with Crippen molar-refractivity contribution in [1.29, 1.82) is 0 Å². The van der Waals surface area contributed by atoms with Gasteiger partial charge in [0.15, 0.2) is 16.1 Å². The van der Waals surface area contributed by atoms with Gasteiger partial charge in [0.25, 0.3) is 0 Å². The third-order valence-electron chi connectivity index (χ3n) is 3.25. The van der Waals surface area contributed by atoms with Gasteiger partial charge >= 0.3 is 0 Å². The molecule has 6 heteroatoms. The molecule has 5 nitrogen and oxygen atoms in total. The van der Waals surface area contributed by atoms with Gasteiger partial charge in [-0.05, 0) is 24.1 Å². The van der Waals surface area contributed by atoms with Gasteiger partial charge in [0, 0.05) is 24.9 Å². The second-order valence-electron chi connectivity index (χ2n) is 5.05. The normalized spacial score (nSPS) is 16.5. The van der Waals surface area contributed by atoms with Crippen molar-refractivity contribution >= 4 is 15.5 Å². The molecule has 0 spiro atoms. The van der Waals surface area contributed by atoms with E-state index in [1.54, 1.807) is 0 Å². The van der Waals surface area contributed by atoms with E-state index in [-0.39, 0.29) is 12.0 Å². The van der Waals surface area contributed by atoms with E-state index in [0.29, 0.717) is 13.2 Å². The number of sulfone groups is 1. The van der Waals surface area contributed by atoms with Crippen LogP contribution >= 0.6 is 0 Å². The molecule has 0 amide bonds. The van der Waals surface area contributed by atoms with Gasteiger partial charge in [-0.2, -0.15) is 0 Å². The van der Waals surface area contributed by atoms with E-state index in [1.807, 2.05) is 25.1 Å².